The van der Waals surface area contributed by atoms with E-state index in [-0.39, 0.29) is 34.5 Å². The smallest absolute Gasteiger partial charge is 0.282 e. The molecule has 2 aromatic heterocycles. The van der Waals surface area contributed by atoms with Crippen LogP contribution in [0.15, 0.2) is 47.4 Å². The molecular formula is C34H38F2N6O4. The van der Waals surface area contributed by atoms with Crippen LogP contribution < -0.4 is 16.2 Å². The summed E-state index contributed by atoms with van der Waals surface area (Å²) in [6.45, 7) is 4.50. The van der Waals surface area contributed by atoms with Crippen LogP contribution in [0.2, 0.25) is 0 Å². The quantitative estimate of drug-likeness (QED) is 0.346. The highest BCUT2D eigenvalue weighted by molar-refractivity contribution is 6.05. The molecule has 0 spiro atoms. The van der Waals surface area contributed by atoms with Crippen LogP contribution in [0.1, 0.15) is 83.0 Å². The fourth-order valence-corrected chi connectivity index (χ4v) is 5.64. The average Bonchev–Trinajstić information content (AvgIpc) is 3.77. The van der Waals surface area contributed by atoms with E-state index < -0.39 is 36.4 Å². The fourth-order valence-electron chi connectivity index (χ4n) is 5.64. The number of carbonyl (C=O) groups excluding carboxylic acids is 2. The highest BCUT2D eigenvalue weighted by Gasteiger charge is 2.46. The molecule has 1 aliphatic carbocycles. The number of amides is 2. The number of nitrogens with one attached hydrogen (secondary N) is 2. The predicted molar refractivity (Wildman–Crippen MR) is 169 cm³/mol. The van der Waals surface area contributed by atoms with Gasteiger partial charge in [-0.1, -0.05) is 19.9 Å². The highest BCUT2D eigenvalue weighted by atomic mass is 19.3. The van der Waals surface area contributed by atoms with Gasteiger partial charge in [-0.3, -0.25) is 14.4 Å². The molecule has 242 valence electrons. The van der Waals surface area contributed by atoms with E-state index in [2.05, 4.69) is 15.6 Å². The number of anilines is 1. The molecule has 2 saturated heterocycles. The second kappa shape index (κ2) is 13.9. The number of rotatable bonds is 9. The van der Waals surface area contributed by atoms with Gasteiger partial charge in [0.05, 0.1) is 30.8 Å². The SMILES string of the molecule is CC.Cn1cc(CNCC2CCCO2)cc(C(=O)Nc2cc(-c3ccc(C#N)cc3C(=O)N3CC(F)(F)C3)cc(C3CC3)n2)c1=O. The Kier molecular flexibility index (Phi) is 9.94. The fraction of sp³-hybridized carbons (Fsp3) is 0.441. The van der Waals surface area contributed by atoms with Crippen molar-refractivity contribution in [1.82, 2.24) is 19.8 Å². The molecule has 2 aliphatic heterocycles. The molecule has 3 aliphatic rings. The van der Waals surface area contributed by atoms with Crippen LogP contribution >= 0.6 is 0 Å². The summed E-state index contributed by atoms with van der Waals surface area (Å²) in [6.07, 6.45) is 5.69. The summed E-state index contributed by atoms with van der Waals surface area (Å²) in [5.41, 5.74) is 2.25. The summed E-state index contributed by atoms with van der Waals surface area (Å²) in [4.78, 5) is 45.3. The lowest BCUT2D eigenvalue weighted by molar-refractivity contribution is -0.113. The third-order valence-corrected chi connectivity index (χ3v) is 8.11. The van der Waals surface area contributed by atoms with Gasteiger partial charge in [0.25, 0.3) is 23.3 Å². The molecule has 10 nitrogen and oxygen atoms in total. The van der Waals surface area contributed by atoms with E-state index in [0.29, 0.717) is 29.9 Å². The second-order valence-corrected chi connectivity index (χ2v) is 11.7. The number of carbonyl (C=O) groups is 2. The number of hydrogen-bond acceptors (Lipinski definition) is 7. The first-order valence-corrected chi connectivity index (χ1v) is 15.7. The van der Waals surface area contributed by atoms with Crippen LogP contribution in [0.5, 0.6) is 0 Å². The van der Waals surface area contributed by atoms with Crippen molar-refractivity contribution in [3.05, 3.63) is 80.9 Å². The lowest BCUT2D eigenvalue weighted by atomic mass is 9.95. The van der Waals surface area contributed by atoms with Crippen LogP contribution in [0.3, 0.4) is 0 Å². The highest BCUT2D eigenvalue weighted by Crippen LogP contribution is 2.41. The van der Waals surface area contributed by atoms with Crippen molar-refractivity contribution < 1.29 is 23.1 Å². The van der Waals surface area contributed by atoms with Gasteiger partial charge in [0, 0.05) is 50.1 Å². The van der Waals surface area contributed by atoms with Crippen molar-refractivity contribution in [3.63, 3.8) is 0 Å². The van der Waals surface area contributed by atoms with E-state index >= 15 is 0 Å². The van der Waals surface area contributed by atoms with E-state index in [1.165, 1.54) is 10.6 Å². The summed E-state index contributed by atoms with van der Waals surface area (Å²) in [5, 5.41) is 15.5. The third kappa shape index (κ3) is 7.49. The first kappa shape index (κ1) is 32.9. The van der Waals surface area contributed by atoms with Gasteiger partial charge in [0.15, 0.2) is 0 Å². The Balaban J connectivity index is 0.00000204. The molecule has 0 radical (unpaired) electrons. The minimum absolute atomic E-state index is 0.0444. The molecule has 4 heterocycles. The van der Waals surface area contributed by atoms with Gasteiger partial charge in [-0.05, 0) is 72.7 Å². The van der Waals surface area contributed by atoms with Crippen molar-refractivity contribution >= 4 is 17.6 Å². The van der Waals surface area contributed by atoms with Gasteiger partial charge in [0.2, 0.25) is 0 Å². The Morgan fingerprint density at radius 3 is 2.52 bits per heavy atom. The molecule has 3 fully saturated rings. The van der Waals surface area contributed by atoms with Crippen molar-refractivity contribution in [2.75, 3.05) is 31.6 Å². The van der Waals surface area contributed by atoms with Crippen LogP contribution in [0.4, 0.5) is 14.6 Å². The predicted octanol–water partition coefficient (Wildman–Crippen LogP) is 4.83. The number of benzene rings is 1. The number of ether oxygens (including phenoxy) is 1. The van der Waals surface area contributed by atoms with E-state index in [4.69, 9.17) is 4.74 Å². The Bertz CT molecular complexity index is 1720. The summed E-state index contributed by atoms with van der Waals surface area (Å²) in [7, 11) is 1.59. The molecule has 3 aromatic rings. The maximum atomic E-state index is 13.6. The van der Waals surface area contributed by atoms with E-state index in [0.717, 1.165) is 42.8 Å². The molecule has 0 bridgehead atoms. The molecular weight excluding hydrogens is 594 g/mol. The van der Waals surface area contributed by atoms with Gasteiger partial charge >= 0.3 is 0 Å². The van der Waals surface area contributed by atoms with Crippen molar-refractivity contribution in [1.29, 1.82) is 5.26 Å². The number of nitrogens with zero attached hydrogens (tertiary/aromatic N) is 4. The monoisotopic (exact) mass is 632 g/mol. The summed E-state index contributed by atoms with van der Waals surface area (Å²) >= 11 is 0. The standard InChI is InChI=1S/C32H32F2N6O4.C2H6/c1-39-16-20(14-36-15-23-3-2-8-44-23)10-26(30(39)42)29(41)38-28-12-22(11-27(37-28)21-5-6-21)24-7-4-19(13-35)9-25(24)31(43)40-17-32(33,34)18-40;1-2/h4,7,9-12,16,21,23,36H,2-3,5-6,8,14-15,17-18H2,1H3,(H,37,38,41);1-2H3. The molecule has 6 rings (SSSR count). The van der Waals surface area contributed by atoms with Gasteiger partial charge in [-0.15, -0.1) is 0 Å². The topological polar surface area (TPSA) is 129 Å². The maximum absolute atomic E-state index is 13.6. The number of aryl methyl sites for hydroxylation is 1. The van der Waals surface area contributed by atoms with Crippen molar-refractivity contribution in [3.8, 4) is 17.2 Å². The zero-order valence-electron chi connectivity index (χ0n) is 26.2. The molecule has 2 amide bonds. The van der Waals surface area contributed by atoms with Gasteiger partial charge < -0.3 is 24.8 Å². The lowest BCUT2D eigenvalue weighted by Gasteiger charge is -2.39. The average molecular weight is 633 g/mol. The molecule has 1 atom stereocenters. The Morgan fingerprint density at radius 2 is 1.87 bits per heavy atom. The van der Waals surface area contributed by atoms with E-state index in [1.54, 1.807) is 37.5 Å². The molecule has 1 aromatic carbocycles. The first-order valence-electron chi connectivity index (χ1n) is 15.7. The molecule has 46 heavy (non-hydrogen) atoms. The minimum atomic E-state index is -2.94. The molecule has 1 unspecified atom stereocenters. The van der Waals surface area contributed by atoms with Crippen LogP contribution in [-0.4, -0.2) is 64.5 Å². The van der Waals surface area contributed by atoms with E-state index in [1.807, 2.05) is 26.0 Å². The number of nitriles is 1. The largest absolute Gasteiger partial charge is 0.377 e. The lowest BCUT2D eigenvalue weighted by Crippen LogP contribution is -2.58. The minimum Gasteiger partial charge on any atom is -0.377 e. The van der Waals surface area contributed by atoms with E-state index in [9.17, 15) is 28.4 Å². The number of alkyl halides is 2. The van der Waals surface area contributed by atoms with Crippen LogP contribution in [0.25, 0.3) is 11.1 Å². The number of hydrogen-bond donors (Lipinski definition) is 2. The Hall–Kier alpha value is -4.47. The zero-order chi connectivity index (χ0) is 33.0. The zero-order valence-corrected chi connectivity index (χ0v) is 26.2. The molecule has 2 N–H and O–H groups in total. The Labute approximate surface area is 266 Å². The number of pyridine rings is 2. The summed E-state index contributed by atoms with van der Waals surface area (Å²) in [6, 6.07) is 11.5. The van der Waals surface area contributed by atoms with Crippen LogP contribution in [0, 0.1) is 11.3 Å². The second-order valence-electron chi connectivity index (χ2n) is 11.7. The number of halogens is 2. The van der Waals surface area contributed by atoms with Gasteiger partial charge in [-0.25, -0.2) is 13.8 Å². The van der Waals surface area contributed by atoms with Crippen LogP contribution in [-0.2, 0) is 18.3 Å². The maximum Gasteiger partial charge on any atom is 0.282 e. The van der Waals surface area contributed by atoms with Crippen molar-refractivity contribution in [2.24, 2.45) is 7.05 Å². The normalized spacial score (nSPS) is 18.2. The molecule has 1 saturated carbocycles. The summed E-state index contributed by atoms with van der Waals surface area (Å²) < 4.78 is 34.2. The molecule has 12 heteroatoms. The Morgan fingerprint density at radius 1 is 1.11 bits per heavy atom. The van der Waals surface area contributed by atoms with Gasteiger partial charge in [0.1, 0.15) is 11.4 Å². The summed E-state index contributed by atoms with van der Waals surface area (Å²) in [5.74, 6) is -3.81. The number of likely N-dealkylation sites (tertiary alicyclic amines) is 1. The third-order valence-electron chi connectivity index (χ3n) is 8.11. The van der Waals surface area contributed by atoms with Crippen molar-refractivity contribution in [2.45, 2.75) is 64.0 Å². The van der Waals surface area contributed by atoms with Gasteiger partial charge in [-0.2, -0.15) is 5.26 Å². The first-order chi connectivity index (χ1) is 22.1. The number of aromatic nitrogens is 2.